The Kier molecular flexibility index (Phi) is 3.56. The molecule has 116 valence electrons. The third kappa shape index (κ3) is 2.38. The van der Waals surface area contributed by atoms with Crippen LogP contribution >= 0.6 is 0 Å². The number of amides is 1. The van der Waals surface area contributed by atoms with Crippen LogP contribution in [0.15, 0.2) is 24.4 Å². The highest BCUT2D eigenvalue weighted by molar-refractivity contribution is 6.05. The molecule has 2 N–H and O–H groups in total. The number of piperazine rings is 1. The topological polar surface area (TPSA) is 64.3 Å². The maximum atomic E-state index is 12.8. The highest BCUT2D eigenvalue weighted by atomic mass is 16.2. The SMILES string of the molecule is O=C(c1cccc2cn[nH]c12)N1CCC(N2CCNCC2)C1. The fourth-order valence-corrected chi connectivity index (χ4v) is 3.59. The lowest BCUT2D eigenvalue weighted by Gasteiger charge is -2.32. The lowest BCUT2D eigenvalue weighted by atomic mass is 10.1. The number of benzene rings is 1. The van der Waals surface area contributed by atoms with Crippen molar-refractivity contribution in [2.75, 3.05) is 39.3 Å². The fraction of sp³-hybridized carbons (Fsp3) is 0.500. The summed E-state index contributed by atoms with van der Waals surface area (Å²) >= 11 is 0. The van der Waals surface area contributed by atoms with Crippen molar-refractivity contribution < 1.29 is 4.79 Å². The molecule has 0 aliphatic carbocycles. The van der Waals surface area contributed by atoms with E-state index in [1.807, 2.05) is 23.1 Å². The molecule has 1 amide bonds. The summed E-state index contributed by atoms with van der Waals surface area (Å²) in [6.45, 7) is 5.96. The third-order valence-electron chi connectivity index (χ3n) is 4.83. The van der Waals surface area contributed by atoms with E-state index in [4.69, 9.17) is 0 Å². The standard InChI is InChI=1S/C16H21N5O/c22-16(14-3-1-2-12-10-18-19-15(12)14)21-7-4-13(11-21)20-8-5-17-6-9-20/h1-3,10,13,17H,4-9,11H2,(H,18,19). The van der Waals surface area contributed by atoms with Crippen LogP contribution in [0, 0.1) is 0 Å². The molecule has 1 aromatic carbocycles. The van der Waals surface area contributed by atoms with Gasteiger partial charge in [-0.15, -0.1) is 0 Å². The van der Waals surface area contributed by atoms with Crippen LogP contribution in [0.25, 0.3) is 10.9 Å². The van der Waals surface area contributed by atoms with Gasteiger partial charge in [0, 0.05) is 50.7 Å². The monoisotopic (exact) mass is 299 g/mol. The van der Waals surface area contributed by atoms with E-state index in [2.05, 4.69) is 20.4 Å². The normalized spacial score (nSPS) is 23.3. The molecule has 2 aliphatic rings. The Bertz CT molecular complexity index is 676. The number of carbonyl (C=O) groups excluding carboxylic acids is 1. The van der Waals surface area contributed by atoms with Gasteiger partial charge in [0.15, 0.2) is 0 Å². The first-order valence-corrected chi connectivity index (χ1v) is 7.99. The van der Waals surface area contributed by atoms with Crippen molar-refractivity contribution >= 4 is 16.8 Å². The number of nitrogens with zero attached hydrogens (tertiary/aromatic N) is 3. The molecule has 6 nitrogen and oxygen atoms in total. The summed E-state index contributed by atoms with van der Waals surface area (Å²) in [6, 6.07) is 6.30. The summed E-state index contributed by atoms with van der Waals surface area (Å²) in [4.78, 5) is 17.3. The minimum Gasteiger partial charge on any atom is -0.337 e. The zero-order chi connectivity index (χ0) is 14.9. The number of para-hydroxylation sites is 1. The fourth-order valence-electron chi connectivity index (χ4n) is 3.59. The van der Waals surface area contributed by atoms with Crippen molar-refractivity contribution in [2.45, 2.75) is 12.5 Å². The second kappa shape index (κ2) is 5.70. The van der Waals surface area contributed by atoms with Crippen LogP contribution in [0.1, 0.15) is 16.8 Å². The molecular weight excluding hydrogens is 278 g/mol. The maximum Gasteiger partial charge on any atom is 0.256 e. The van der Waals surface area contributed by atoms with Gasteiger partial charge in [0.1, 0.15) is 0 Å². The van der Waals surface area contributed by atoms with Crippen LogP contribution in [-0.4, -0.2) is 71.2 Å². The van der Waals surface area contributed by atoms with E-state index in [1.54, 1.807) is 6.20 Å². The Hall–Kier alpha value is -1.92. The summed E-state index contributed by atoms with van der Waals surface area (Å²) in [7, 11) is 0. The summed E-state index contributed by atoms with van der Waals surface area (Å²) < 4.78 is 0. The first-order valence-electron chi connectivity index (χ1n) is 7.99. The van der Waals surface area contributed by atoms with Crippen LogP contribution < -0.4 is 5.32 Å². The molecule has 1 unspecified atom stereocenters. The third-order valence-corrected chi connectivity index (χ3v) is 4.83. The van der Waals surface area contributed by atoms with E-state index in [0.29, 0.717) is 6.04 Å². The molecule has 1 atom stereocenters. The summed E-state index contributed by atoms with van der Waals surface area (Å²) in [5.74, 6) is 0.118. The van der Waals surface area contributed by atoms with Gasteiger partial charge in [0.25, 0.3) is 5.91 Å². The van der Waals surface area contributed by atoms with E-state index in [-0.39, 0.29) is 5.91 Å². The average molecular weight is 299 g/mol. The molecule has 0 bridgehead atoms. The number of hydrogen-bond donors (Lipinski definition) is 2. The molecule has 2 aromatic rings. The minimum absolute atomic E-state index is 0.118. The quantitative estimate of drug-likeness (QED) is 0.856. The van der Waals surface area contributed by atoms with Crippen molar-refractivity contribution in [3.05, 3.63) is 30.0 Å². The lowest BCUT2D eigenvalue weighted by molar-refractivity contribution is 0.0775. The van der Waals surface area contributed by atoms with Crippen LogP contribution in [0.4, 0.5) is 0 Å². The van der Waals surface area contributed by atoms with Gasteiger partial charge >= 0.3 is 0 Å². The van der Waals surface area contributed by atoms with Crippen molar-refractivity contribution in [1.82, 2.24) is 25.3 Å². The van der Waals surface area contributed by atoms with Crippen LogP contribution in [-0.2, 0) is 0 Å². The summed E-state index contributed by atoms with van der Waals surface area (Å²) in [6.07, 6.45) is 2.84. The highest BCUT2D eigenvalue weighted by Gasteiger charge is 2.31. The number of nitrogens with one attached hydrogen (secondary N) is 2. The van der Waals surface area contributed by atoms with Crippen molar-refractivity contribution in [3.8, 4) is 0 Å². The number of fused-ring (bicyclic) bond motifs is 1. The van der Waals surface area contributed by atoms with Gasteiger partial charge in [-0.25, -0.2) is 0 Å². The highest BCUT2D eigenvalue weighted by Crippen LogP contribution is 2.22. The van der Waals surface area contributed by atoms with Crippen molar-refractivity contribution in [1.29, 1.82) is 0 Å². The van der Waals surface area contributed by atoms with E-state index in [1.165, 1.54) is 0 Å². The Labute approximate surface area is 129 Å². The van der Waals surface area contributed by atoms with Gasteiger partial charge < -0.3 is 10.2 Å². The van der Waals surface area contributed by atoms with Crippen molar-refractivity contribution in [3.63, 3.8) is 0 Å². The molecule has 2 fully saturated rings. The molecule has 0 spiro atoms. The van der Waals surface area contributed by atoms with E-state index < -0.39 is 0 Å². The van der Waals surface area contributed by atoms with E-state index in [9.17, 15) is 4.79 Å². The Morgan fingerprint density at radius 1 is 1.23 bits per heavy atom. The molecule has 3 heterocycles. The molecule has 0 saturated carbocycles. The van der Waals surface area contributed by atoms with Gasteiger partial charge in [-0.05, 0) is 12.5 Å². The summed E-state index contributed by atoms with van der Waals surface area (Å²) in [5, 5.41) is 11.4. The van der Waals surface area contributed by atoms with Gasteiger partial charge in [-0.2, -0.15) is 5.10 Å². The molecule has 2 saturated heterocycles. The largest absolute Gasteiger partial charge is 0.337 e. The van der Waals surface area contributed by atoms with Crippen molar-refractivity contribution in [2.24, 2.45) is 0 Å². The zero-order valence-electron chi connectivity index (χ0n) is 12.6. The molecule has 1 aromatic heterocycles. The lowest BCUT2D eigenvalue weighted by Crippen LogP contribution is -2.49. The average Bonchev–Trinajstić information content (AvgIpc) is 3.24. The van der Waals surface area contributed by atoms with Gasteiger partial charge in [-0.3, -0.25) is 14.8 Å². The Balaban J connectivity index is 1.50. The first kappa shape index (κ1) is 13.7. The second-order valence-corrected chi connectivity index (χ2v) is 6.12. The first-order chi connectivity index (χ1) is 10.8. The number of H-pyrrole nitrogens is 1. The number of rotatable bonds is 2. The molecule has 2 aliphatic heterocycles. The molecule has 6 heteroatoms. The smallest absolute Gasteiger partial charge is 0.256 e. The number of aromatic nitrogens is 2. The maximum absolute atomic E-state index is 12.8. The van der Waals surface area contributed by atoms with Gasteiger partial charge in [0.05, 0.1) is 17.3 Å². The van der Waals surface area contributed by atoms with Crippen LogP contribution in [0.5, 0.6) is 0 Å². The van der Waals surface area contributed by atoms with Gasteiger partial charge in [0.2, 0.25) is 0 Å². The number of likely N-dealkylation sites (tertiary alicyclic amines) is 1. The summed E-state index contributed by atoms with van der Waals surface area (Å²) in [5.41, 5.74) is 1.58. The zero-order valence-corrected chi connectivity index (χ0v) is 12.6. The number of carbonyl (C=O) groups is 1. The number of hydrogen-bond acceptors (Lipinski definition) is 4. The van der Waals surface area contributed by atoms with Crippen LogP contribution in [0.3, 0.4) is 0 Å². The second-order valence-electron chi connectivity index (χ2n) is 6.12. The molecule has 22 heavy (non-hydrogen) atoms. The van der Waals surface area contributed by atoms with E-state index >= 15 is 0 Å². The molecular formula is C16H21N5O. The predicted molar refractivity (Wildman–Crippen MR) is 84.8 cm³/mol. The minimum atomic E-state index is 0.118. The number of aromatic amines is 1. The Morgan fingerprint density at radius 3 is 2.95 bits per heavy atom. The van der Waals surface area contributed by atoms with E-state index in [0.717, 1.165) is 62.2 Å². The van der Waals surface area contributed by atoms with Crippen LogP contribution in [0.2, 0.25) is 0 Å². The predicted octanol–water partition coefficient (Wildman–Crippen LogP) is 0.683. The molecule has 4 rings (SSSR count). The molecule has 0 radical (unpaired) electrons. The van der Waals surface area contributed by atoms with Gasteiger partial charge in [-0.1, -0.05) is 12.1 Å². The Morgan fingerprint density at radius 2 is 2.09 bits per heavy atom.